The molecular formula is C23H30N4S2. The van der Waals surface area contributed by atoms with Crippen LogP contribution in [0.1, 0.15) is 35.6 Å². The summed E-state index contributed by atoms with van der Waals surface area (Å²) in [6.45, 7) is 7.85. The molecule has 3 rings (SSSR count). The minimum Gasteiger partial charge on any atom is -0.313 e. The molecule has 0 spiro atoms. The Hall–Kier alpha value is -1.86. The minimum absolute atomic E-state index is 0.762. The molecule has 1 heterocycles. The van der Waals surface area contributed by atoms with Crippen LogP contribution in [-0.4, -0.2) is 46.2 Å². The number of rotatable bonds is 7. The highest BCUT2D eigenvalue weighted by atomic mass is 32.1. The highest BCUT2D eigenvalue weighted by Gasteiger charge is 2.17. The summed E-state index contributed by atoms with van der Waals surface area (Å²) in [5.41, 5.74) is 11.9. The molecule has 29 heavy (non-hydrogen) atoms. The molecule has 0 bridgehead atoms. The highest BCUT2D eigenvalue weighted by Crippen LogP contribution is 2.12. The first-order valence-electron chi connectivity index (χ1n) is 10.2. The number of thiocarbonyl (C=S) groups is 2. The van der Waals surface area contributed by atoms with Crippen LogP contribution in [0.25, 0.3) is 0 Å². The first-order chi connectivity index (χ1) is 14.0. The monoisotopic (exact) mass is 426 g/mol. The molecule has 0 amide bonds. The smallest absolute Gasteiger partial charge is 0.0941 e. The highest BCUT2D eigenvalue weighted by molar-refractivity contribution is 7.80. The quantitative estimate of drug-likeness (QED) is 0.655. The molecule has 0 aliphatic carbocycles. The van der Waals surface area contributed by atoms with Crippen LogP contribution in [0.2, 0.25) is 0 Å². The lowest BCUT2D eigenvalue weighted by Crippen LogP contribution is -2.57. The van der Waals surface area contributed by atoms with E-state index in [1.807, 2.05) is 0 Å². The lowest BCUT2D eigenvalue weighted by molar-refractivity contribution is 0.0945. The van der Waals surface area contributed by atoms with E-state index in [4.69, 9.17) is 24.4 Å². The summed E-state index contributed by atoms with van der Waals surface area (Å²) in [5.74, 6) is 0. The van der Waals surface area contributed by atoms with Crippen molar-refractivity contribution in [3.63, 3.8) is 0 Å². The van der Waals surface area contributed by atoms with Gasteiger partial charge in [-0.25, -0.2) is 10.0 Å². The minimum atomic E-state index is 0.762. The Balaban J connectivity index is 1.42. The number of piperazine rings is 1. The van der Waals surface area contributed by atoms with Crippen molar-refractivity contribution in [1.29, 1.82) is 0 Å². The number of aryl methyl sites for hydroxylation is 1. The zero-order valence-corrected chi connectivity index (χ0v) is 18.9. The summed E-state index contributed by atoms with van der Waals surface area (Å²) >= 11 is 10.8. The molecule has 1 aliphatic heterocycles. The van der Waals surface area contributed by atoms with Gasteiger partial charge >= 0.3 is 0 Å². The maximum Gasteiger partial charge on any atom is 0.0941 e. The Labute approximate surface area is 185 Å². The van der Waals surface area contributed by atoms with Crippen LogP contribution in [0.5, 0.6) is 0 Å². The molecule has 0 radical (unpaired) electrons. The average molecular weight is 427 g/mol. The van der Waals surface area contributed by atoms with Gasteiger partial charge in [0.15, 0.2) is 0 Å². The van der Waals surface area contributed by atoms with Crippen LogP contribution in [-0.2, 0) is 12.8 Å². The molecule has 154 valence electrons. The van der Waals surface area contributed by atoms with E-state index in [2.05, 4.69) is 83.2 Å². The number of benzene rings is 2. The van der Waals surface area contributed by atoms with Gasteiger partial charge in [0.05, 0.1) is 9.98 Å². The van der Waals surface area contributed by atoms with Gasteiger partial charge in [-0.2, -0.15) is 0 Å². The van der Waals surface area contributed by atoms with Crippen molar-refractivity contribution in [3.05, 3.63) is 70.8 Å². The average Bonchev–Trinajstić information content (AvgIpc) is 2.72. The number of hydrogen-bond acceptors (Lipinski definition) is 4. The third-order valence-electron chi connectivity index (χ3n) is 5.08. The van der Waals surface area contributed by atoms with E-state index in [1.54, 1.807) is 0 Å². The van der Waals surface area contributed by atoms with Crippen LogP contribution in [0.3, 0.4) is 0 Å². The maximum absolute atomic E-state index is 5.58. The molecule has 1 fully saturated rings. The van der Waals surface area contributed by atoms with Crippen molar-refractivity contribution in [3.8, 4) is 0 Å². The van der Waals surface area contributed by atoms with Crippen molar-refractivity contribution in [2.75, 3.05) is 26.2 Å². The van der Waals surface area contributed by atoms with Crippen LogP contribution < -0.4 is 10.9 Å². The molecule has 0 atom stereocenters. The van der Waals surface area contributed by atoms with Crippen molar-refractivity contribution >= 4 is 34.4 Å². The fourth-order valence-electron chi connectivity index (χ4n) is 3.30. The van der Waals surface area contributed by atoms with E-state index >= 15 is 0 Å². The SMILES string of the molecule is CCC(=S)NN1CCN(NC(=S)Cc2ccc(Cc3ccc(C)cc3)cc2)CC1. The molecule has 0 unspecified atom stereocenters. The summed E-state index contributed by atoms with van der Waals surface area (Å²) in [6.07, 6.45) is 2.60. The second kappa shape index (κ2) is 10.8. The fraction of sp³-hybridized carbons (Fsp3) is 0.391. The van der Waals surface area contributed by atoms with Gasteiger partial charge < -0.3 is 10.9 Å². The molecule has 1 aliphatic rings. The summed E-state index contributed by atoms with van der Waals surface area (Å²) in [7, 11) is 0. The van der Waals surface area contributed by atoms with Gasteiger partial charge in [0, 0.05) is 32.6 Å². The normalized spacial score (nSPS) is 15.1. The molecule has 4 nitrogen and oxygen atoms in total. The van der Waals surface area contributed by atoms with Gasteiger partial charge in [0.1, 0.15) is 0 Å². The Morgan fingerprint density at radius 1 is 0.759 bits per heavy atom. The van der Waals surface area contributed by atoms with Gasteiger partial charge in [-0.15, -0.1) is 0 Å². The van der Waals surface area contributed by atoms with Gasteiger partial charge in [-0.1, -0.05) is 85.5 Å². The molecule has 2 N–H and O–H groups in total. The van der Waals surface area contributed by atoms with Gasteiger partial charge in [-0.3, -0.25) is 0 Å². The molecule has 2 aromatic rings. The molecular weight excluding hydrogens is 396 g/mol. The van der Waals surface area contributed by atoms with Crippen LogP contribution in [0, 0.1) is 6.92 Å². The Morgan fingerprint density at radius 3 is 1.72 bits per heavy atom. The van der Waals surface area contributed by atoms with Crippen LogP contribution in [0.15, 0.2) is 48.5 Å². The maximum atomic E-state index is 5.58. The summed E-state index contributed by atoms with van der Waals surface area (Å²) in [5, 5.41) is 4.38. The van der Waals surface area contributed by atoms with E-state index in [1.165, 1.54) is 22.3 Å². The van der Waals surface area contributed by atoms with E-state index in [-0.39, 0.29) is 0 Å². The summed E-state index contributed by atoms with van der Waals surface area (Å²) in [6, 6.07) is 17.5. The number of hydrazine groups is 2. The Kier molecular flexibility index (Phi) is 8.12. The molecule has 1 saturated heterocycles. The second-order valence-corrected chi connectivity index (χ2v) is 8.54. The van der Waals surface area contributed by atoms with Crippen molar-refractivity contribution in [2.45, 2.75) is 33.1 Å². The number of nitrogens with zero attached hydrogens (tertiary/aromatic N) is 2. The fourth-order valence-corrected chi connectivity index (χ4v) is 3.73. The number of nitrogens with one attached hydrogen (secondary N) is 2. The predicted octanol–water partition coefficient (Wildman–Crippen LogP) is 3.82. The van der Waals surface area contributed by atoms with Crippen molar-refractivity contribution < 1.29 is 0 Å². The van der Waals surface area contributed by atoms with Crippen molar-refractivity contribution in [2.24, 2.45) is 0 Å². The third-order valence-corrected chi connectivity index (χ3v) is 5.70. The van der Waals surface area contributed by atoms with E-state index in [9.17, 15) is 0 Å². The number of hydrogen-bond donors (Lipinski definition) is 2. The predicted molar refractivity (Wildman–Crippen MR) is 129 cm³/mol. The van der Waals surface area contributed by atoms with Crippen molar-refractivity contribution in [1.82, 2.24) is 20.9 Å². The molecule has 2 aromatic carbocycles. The summed E-state index contributed by atoms with van der Waals surface area (Å²) < 4.78 is 0. The van der Waals surface area contributed by atoms with Crippen LogP contribution >= 0.6 is 24.4 Å². The van der Waals surface area contributed by atoms with E-state index in [0.29, 0.717) is 0 Å². The zero-order valence-electron chi connectivity index (χ0n) is 17.3. The largest absolute Gasteiger partial charge is 0.313 e. The third kappa shape index (κ3) is 7.16. The molecule has 0 aromatic heterocycles. The van der Waals surface area contributed by atoms with Gasteiger partial charge in [0.2, 0.25) is 0 Å². The lowest BCUT2D eigenvalue weighted by atomic mass is 10.0. The van der Waals surface area contributed by atoms with Crippen LogP contribution in [0.4, 0.5) is 0 Å². The first kappa shape index (κ1) is 21.8. The Morgan fingerprint density at radius 2 is 1.21 bits per heavy atom. The second-order valence-electron chi connectivity index (χ2n) is 7.55. The molecule has 0 saturated carbocycles. The van der Waals surface area contributed by atoms with Gasteiger partial charge in [-0.05, 0) is 36.5 Å². The summed E-state index contributed by atoms with van der Waals surface area (Å²) in [4.78, 5) is 1.76. The molecule has 6 heteroatoms. The zero-order chi connectivity index (χ0) is 20.6. The van der Waals surface area contributed by atoms with E-state index < -0.39 is 0 Å². The topological polar surface area (TPSA) is 30.5 Å². The Bertz CT molecular complexity index is 810. The first-order valence-corrected chi connectivity index (χ1v) is 11.1. The lowest BCUT2D eigenvalue weighted by Gasteiger charge is -2.35. The standard InChI is InChI=1S/C23H30N4S2/c1-3-22(28)24-26-12-14-27(15-13-26)25-23(29)17-21-10-8-20(9-11-21)16-19-6-4-18(2)5-7-19/h4-11H,3,12-17H2,1-2H3,(H,24,28)(H,25,29). The van der Waals surface area contributed by atoms with E-state index in [0.717, 1.165) is 55.4 Å². The van der Waals surface area contributed by atoms with Gasteiger partial charge in [0.25, 0.3) is 0 Å².